The van der Waals surface area contributed by atoms with Crippen LogP contribution in [0.3, 0.4) is 0 Å². The topological polar surface area (TPSA) is 113 Å². The zero-order valence-electron chi connectivity index (χ0n) is 12.8. The summed E-state index contributed by atoms with van der Waals surface area (Å²) in [4.78, 5) is 23.2. The van der Waals surface area contributed by atoms with E-state index in [0.717, 1.165) is 6.26 Å². The fourth-order valence-electron chi connectivity index (χ4n) is 1.70. The number of carboxylic acid groups (broad SMARTS) is 1. The molecule has 2 atom stereocenters. The van der Waals surface area contributed by atoms with E-state index in [1.165, 1.54) is 11.8 Å². The molecule has 3 N–H and O–H groups in total. The monoisotopic (exact) mass is 340 g/mol. The van der Waals surface area contributed by atoms with Crippen molar-refractivity contribution < 1.29 is 23.1 Å². The van der Waals surface area contributed by atoms with E-state index in [9.17, 15) is 18.0 Å². The number of carbonyl (C=O) groups is 2. The van der Waals surface area contributed by atoms with Crippen molar-refractivity contribution in [3.63, 3.8) is 0 Å². The molecular weight excluding hydrogens is 316 g/mol. The molecule has 0 bridgehead atoms. The van der Waals surface area contributed by atoms with Crippen LogP contribution in [0.15, 0.2) is 0 Å². The van der Waals surface area contributed by atoms with Crippen molar-refractivity contribution in [2.75, 3.05) is 18.3 Å². The van der Waals surface area contributed by atoms with Gasteiger partial charge >= 0.3 is 5.97 Å². The van der Waals surface area contributed by atoms with Crippen molar-refractivity contribution in [2.24, 2.45) is 5.92 Å². The van der Waals surface area contributed by atoms with Crippen LogP contribution in [0.25, 0.3) is 0 Å². The maximum Gasteiger partial charge on any atom is 0.326 e. The number of hydrogen-bond acceptors (Lipinski definition) is 5. The lowest BCUT2D eigenvalue weighted by molar-refractivity contribution is -0.142. The van der Waals surface area contributed by atoms with Gasteiger partial charge in [-0.25, -0.2) is 17.9 Å². The van der Waals surface area contributed by atoms with E-state index >= 15 is 0 Å². The quantitative estimate of drug-likeness (QED) is 0.526. The Bertz CT molecular complexity index is 451. The molecule has 1 amide bonds. The summed E-state index contributed by atoms with van der Waals surface area (Å²) in [6.07, 6.45) is 3.40. The fourth-order valence-corrected chi connectivity index (χ4v) is 2.90. The Morgan fingerprint density at radius 2 is 1.81 bits per heavy atom. The molecule has 0 rings (SSSR count). The molecule has 0 saturated carbocycles. The second-order valence-electron chi connectivity index (χ2n) is 5.25. The van der Waals surface area contributed by atoms with E-state index in [1.807, 2.05) is 20.1 Å². The van der Waals surface area contributed by atoms with Crippen molar-refractivity contribution in [1.29, 1.82) is 0 Å². The Morgan fingerprint density at radius 1 is 1.24 bits per heavy atom. The van der Waals surface area contributed by atoms with Gasteiger partial charge < -0.3 is 10.4 Å². The molecule has 0 spiro atoms. The molecule has 0 aromatic carbocycles. The van der Waals surface area contributed by atoms with Gasteiger partial charge in [-0.3, -0.25) is 4.79 Å². The molecule has 0 saturated heterocycles. The number of rotatable bonds is 10. The first-order valence-electron chi connectivity index (χ1n) is 6.56. The number of aliphatic carboxylic acids is 1. The summed E-state index contributed by atoms with van der Waals surface area (Å²) in [6.45, 7) is 3.71. The highest BCUT2D eigenvalue weighted by Gasteiger charge is 2.27. The number of amides is 1. The largest absolute Gasteiger partial charge is 0.480 e. The number of nitrogens with one attached hydrogen (secondary N) is 2. The molecule has 0 heterocycles. The van der Waals surface area contributed by atoms with Crippen LogP contribution in [0, 0.1) is 5.92 Å². The average Bonchev–Trinajstić information content (AvgIpc) is 2.30. The van der Waals surface area contributed by atoms with Crippen LogP contribution in [0.1, 0.15) is 26.7 Å². The van der Waals surface area contributed by atoms with Crippen LogP contribution in [0.5, 0.6) is 0 Å². The molecule has 21 heavy (non-hydrogen) atoms. The van der Waals surface area contributed by atoms with Gasteiger partial charge in [0.15, 0.2) is 0 Å². The van der Waals surface area contributed by atoms with Crippen LogP contribution in [-0.2, 0) is 19.6 Å². The highest BCUT2D eigenvalue weighted by atomic mass is 32.2. The van der Waals surface area contributed by atoms with Crippen LogP contribution in [-0.4, -0.2) is 55.7 Å². The maximum atomic E-state index is 12.1. The van der Waals surface area contributed by atoms with Gasteiger partial charge in [-0.15, -0.1) is 0 Å². The first-order valence-corrected chi connectivity index (χ1v) is 9.84. The van der Waals surface area contributed by atoms with E-state index in [0.29, 0.717) is 12.2 Å². The Labute approximate surface area is 130 Å². The average molecular weight is 340 g/mol. The SMILES string of the molecule is CSCCC(NC(=O)C(CC(C)C)NS(C)(=O)=O)C(=O)O. The first-order chi connectivity index (χ1) is 9.56. The molecule has 0 aliphatic carbocycles. The van der Waals surface area contributed by atoms with E-state index in [2.05, 4.69) is 10.0 Å². The Kier molecular flexibility index (Phi) is 8.91. The third-order valence-electron chi connectivity index (χ3n) is 2.61. The lowest BCUT2D eigenvalue weighted by Crippen LogP contribution is -2.51. The van der Waals surface area contributed by atoms with Crippen molar-refractivity contribution in [2.45, 2.75) is 38.8 Å². The molecule has 0 radical (unpaired) electrons. The Morgan fingerprint density at radius 3 is 2.19 bits per heavy atom. The Hall–Kier alpha value is -0.800. The summed E-state index contributed by atoms with van der Waals surface area (Å²) in [5, 5.41) is 11.5. The van der Waals surface area contributed by atoms with Crippen molar-refractivity contribution in [3.05, 3.63) is 0 Å². The molecule has 0 aliphatic rings. The summed E-state index contributed by atoms with van der Waals surface area (Å²) in [5.41, 5.74) is 0. The van der Waals surface area contributed by atoms with Gasteiger partial charge in [0.1, 0.15) is 12.1 Å². The summed E-state index contributed by atoms with van der Waals surface area (Å²) in [5.74, 6) is -1.06. The van der Waals surface area contributed by atoms with Crippen molar-refractivity contribution in [1.82, 2.24) is 10.0 Å². The van der Waals surface area contributed by atoms with Crippen LogP contribution in [0.4, 0.5) is 0 Å². The summed E-state index contributed by atoms with van der Waals surface area (Å²) >= 11 is 1.48. The lowest BCUT2D eigenvalue weighted by Gasteiger charge is -2.21. The maximum absolute atomic E-state index is 12.1. The fraction of sp³-hybridized carbons (Fsp3) is 0.833. The highest BCUT2D eigenvalue weighted by Crippen LogP contribution is 2.08. The van der Waals surface area contributed by atoms with E-state index in [-0.39, 0.29) is 12.3 Å². The van der Waals surface area contributed by atoms with Gasteiger partial charge in [-0.1, -0.05) is 13.8 Å². The normalized spacial score (nSPS) is 14.7. The number of carbonyl (C=O) groups excluding carboxylic acids is 1. The minimum Gasteiger partial charge on any atom is -0.480 e. The molecule has 0 fully saturated rings. The van der Waals surface area contributed by atoms with Crippen LogP contribution in [0.2, 0.25) is 0 Å². The molecule has 7 nitrogen and oxygen atoms in total. The summed E-state index contributed by atoms with van der Waals surface area (Å²) in [7, 11) is -3.55. The van der Waals surface area contributed by atoms with Gasteiger partial charge in [0, 0.05) is 0 Å². The molecule has 124 valence electrons. The zero-order chi connectivity index (χ0) is 16.6. The lowest BCUT2D eigenvalue weighted by atomic mass is 10.0. The number of thioether (sulfide) groups is 1. The van der Waals surface area contributed by atoms with Gasteiger partial charge in [-0.05, 0) is 30.8 Å². The smallest absolute Gasteiger partial charge is 0.326 e. The predicted octanol–water partition coefficient (Wildman–Crippen LogP) is 0.273. The minimum absolute atomic E-state index is 0.0875. The zero-order valence-corrected chi connectivity index (χ0v) is 14.4. The molecule has 9 heteroatoms. The van der Waals surface area contributed by atoms with Gasteiger partial charge in [0.2, 0.25) is 15.9 Å². The van der Waals surface area contributed by atoms with Crippen LogP contribution >= 0.6 is 11.8 Å². The highest BCUT2D eigenvalue weighted by molar-refractivity contribution is 7.98. The standard InChI is InChI=1S/C12H24N2O5S2/c1-8(2)7-10(14-21(4,18)19)11(15)13-9(12(16)17)5-6-20-3/h8-10,14H,5-7H2,1-4H3,(H,13,15)(H,16,17). The molecule has 2 unspecified atom stereocenters. The molecule has 0 aromatic rings. The Balaban J connectivity index is 4.88. The second-order valence-corrected chi connectivity index (χ2v) is 8.02. The molecular formula is C12H24N2O5S2. The van der Waals surface area contributed by atoms with E-state index < -0.39 is 34.0 Å². The predicted molar refractivity (Wildman–Crippen MR) is 83.8 cm³/mol. The third-order valence-corrected chi connectivity index (χ3v) is 3.96. The third kappa shape index (κ3) is 9.70. The van der Waals surface area contributed by atoms with Crippen LogP contribution < -0.4 is 10.0 Å². The number of sulfonamides is 1. The summed E-state index contributed by atoms with van der Waals surface area (Å²) in [6, 6.07) is -1.97. The van der Waals surface area contributed by atoms with Gasteiger partial charge in [0.05, 0.1) is 6.26 Å². The number of carboxylic acids is 1. The second kappa shape index (κ2) is 9.26. The van der Waals surface area contributed by atoms with E-state index in [4.69, 9.17) is 5.11 Å². The van der Waals surface area contributed by atoms with Gasteiger partial charge in [-0.2, -0.15) is 11.8 Å². The molecule has 0 aliphatic heterocycles. The first kappa shape index (κ1) is 20.2. The molecule has 0 aromatic heterocycles. The number of hydrogen-bond donors (Lipinski definition) is 3. The van der Waals surface area contributed by atoms with E-state index in [1.54, 1.807) is 0 Å². The summed E-state index contributed by atoms with van der Waals surface area (Å²) < 4.78 is 24.9. The van der Waals surface area contributed by atoms with Crippen molar-refractivity contribution >= 4 is 33.7 Å². The van der Waals surface area contributed by atoms with Crippen molar-refractivity contribution in [3.8, 4) is 0 Å². The minimum atomic E-state index is -3.55. The van der Waals surface area contributed by atoms with Gasteiger partial charge in [0.25, 0.3) is 0 Å².